The van der Waals surface area contributed by atoms with Crippen LogP contribution in [-0.4, -0.2) is 164 Å². The number of amides is 2. The molecular formula is C24H47N5O15. The number of primary amides is 2. The zero-order valence-electron chi connectivity index (χ0n) is 23.9. The normalized spacial score (nSPS) is 35.0. The van der Waals surface area contributed by atoms with Gasteiger partial charge in [0.1, 0.15) is 61.2 Å². The van der Waals surface area contributed by atoms with Gasteiger partial charge in [-0.3, -0.25) is 9.59 Å². The first-order chi connectivity index (χ1) is 20.6. The first-order valence-electron chi connectivity index (χ1n) is 13.8. The molecule has 0 spiro atoms. The van der Waals surface area contributed by atoms with Gasteiger partial charge < -0.3 is 93.3 Å². The van der Waals surface area contributed by atoms with Crippen LogP contribution >= 0.6 is 0 Å². The molecule has 2 aliphatic heterocycles. The summed E-state index contributed by atoms with van der Waals surface area (Å²) >= 11 is 0. The van der Waals surface area contributed by atoms with Crippen LogP contribution in [0.15, 0.2) is 0 Å². The van der Waals surface area contributed by atoms with E-state index in [9.17, 15) is 55.2 Å². The summed E-state index contributed by atoms with van der Waals surface area (Å²) in [5, 5.41) is 79.3. The molecule has 44 heavy (non-hydrogen) atoms. The van der Waals surface area contributed by atoms with E-state index in [1.165, 1.54) is 0 Å². The van der Waals surface area contributed by atoms with Gasteiger partial charge in [-0.1, -0.05) is 0 Å². The largest absolute Gasteiger partial charge is 0.394 e. The van der Waals surface area contributed by atoms with Crippen molar-refractivity contribution in [2.75, 3.05) is 19.8 Å². The van der Waals surface area contributed by atoms with Gasteiger partial charge in [0.25, 0.3) is 0 Å². The number of ether oxygens (including phenoxy) is 4. The van der Waals surface area contributed by atoms with E-state index in [1.54, 1.807) is 0 Å². The van der Waals surface area contributed by atoms with Gasteiger partial charge in [-0.2, -0.15) is 0 Å². The molecule has 258 valence electrons. The second-order valence-electron chi connectivity index (χ2n) is 10.4. The zero-order chi connectivity index (χ0) is 33.7. The number of aliphatic hydroxyl groups is 8. The van der Waals surface area contributed by atoms with E-state index in [2.05, 4.69) is 0 Å². The first-order valence-corrected chi connectivity index (χ1v) is 13.8. The first kappa shape index (κ1) is 40.0. The molecule has 2 heterocycles. The van der Waals surface area contributed by atoms with Gasteiger partial charge in [0, 0.05) is 12.8 Å². The Bertz CT molecular complexity index is 858. The lowest BCUT2D eigenvalue weighted by Crippen LogP contribution is -2.68. The summed E-state index contributed by atoms with van der Waals surface area (Å²) in [6.45, 7) is -2.31. The minimum atomic E-state index is -1.79. The Kier molecular flexibility index (Phi) is 17.7. The Labute approximate surface area is 252 Å². The van der Waals surface area contributed by atoms with Gasteiger partial charge in [0.2, 0.25) is 11.8 Å². The van der Waals surface area contributed by atoms with Crippen LogP contribution in [0.25, 0.3) is 0 Å². The van der Waals surface area contributed by atoms with Crippen molar-refractivity contribution in [3.05, 3.63) is 0 Å². The standard InChI is InChI=1S/C18H35N3O13.C6H12N2O2/c19-5(1-22)11(27)15(6(26)2-23)33-18-10(21)14(30)16(8(4-25)32-18)34-17-9(20)13(29)12(28)7(3-24)31-17;7-5(9)3-1-2-4-6(8)10/h1,5-18,23-30H,2-4,19-21H2;1-4H2,(H2,7,9)(H2,8,10)/t5-,6+,7+,8+,9+,10+,11+,12+,13+,14+,15+,16+,17-,18-;/m0./s1. The highest BCUT2D eigenvalue weighted by atomic mass is 16.7. The van der Waals surface area contributed by atoms with Gasteiger partial charge in [0.05, 0.1) is 37.9 Å². The van der Waals surface area contributed by atoms with Crippen LogP contribution in [0.1, 0.15) is 25.7 Å². The van der Waals surface area contributed by atoms with E-state index in [0.717, 1.165) is 0 Å². The van der Waals surface area contributed by atoms with Crippen molar-refractivity contribution >= 4 is 18.1 Å². The number of rotatable bonds is 16. The summed E-state index contributed by atoms with van der Waals surface area (Å²) < 4.78 is 21.9. The summed E-state index contributed by atoms with van der Waals surface area (Å²) in [5.74, 6) is -0.658. The third kappa shape index (κ3) is 11.4. The van der Waals surface area contributed by atoms with Crippen LogP contribution in [0.5, 0.6) is 0 Å². The number of carbonyl (C=O) groups excluding carboxylic acids is 3. The van der Waals surface area contributed by atoms with Crippen molar-refractivity contribution in [1.82, 2.24) is 0 Å². The molecule has 14 atom stereocenters. The smallest absolute Gasteiger partial charge is 0.217 e. The Morgan fingerprint density at radius 3 is 1.77 bits per heavy atom. The SMILES string of the molecule is NC(=O)CCCCC(N)=O.N[C@H]1[C@H](O[C@H]2[C@H](O)[C@@H](N)[C@H](O[C@@H]([C@H](O)[C@@H](N)C=O)[C@H](O)CO)O[C@@H]2CO)O[C@H](CO)[C@@H](O)[C@@H]1O. The molecule has 2 fully saturated rings. The van der Waals surface area contributed by atoms with E-state index in [0.29, 0.717) is 25.7 Å². The molecular weight excluding hydrogens is 598 g/mol. The molecule has 0 unspecified atom stereocenters. The van der Waals surface area contributed by atoms with Crippen LogP contribution in [-0.2, 0) is 33.3 Å². The summed E-state index contributed by atoms with van der Waals surface area (Å²) in [7, 11) is 0. The number of hydrogen-bond donors (Lipinski definition) is 13. The lowest BCUT2D eigenvalue weighted by Gasteiger charge is -2.47. The molecule has 2 saturated heterocycles. The maximum Gasteiger partial charge on any atom is 0.217 e. The van der Waals surface area contributed by atoms with E-state index >= 15 is 0 Å². The van der Waals surface area contributed by atoms with Crippen LogP contribution in [0.3, 0.4) is 0 Å². The molecule has 18 N–H and O–H groups in total. The highest BCUT2D eigenvalue weighted by Gasteiger charge is 2.50. The molecule has 2 rings (SSSR count). The molecule has 0 aromatic rings. The summed E-state index contributed by atoms with van der Waals surface area (Å²) in [6, 6.07) is -4.23. The molecule has 0 saturated carbocycles. The molecule has 20 heteroatoms. The van der Waals surface area contributed by atoms with Gasteiger partial charge in [-0.15, -0.1) is 0 Å². The lowest BCUT2D eigenvalue weighted by molar-refractivity contribution is -0.338. The van der Waals surface area contributed by atoms with Crippen molar-refractivity contribution in [3.63, 3.8) is 0 Å². The van der Waals surface area contributed by atoms with Crippen LogP contribution in [0.2, 0.25) is 0 Å². The van der Waals surface area contributed by atoms with Crippen molar-refractivity contribution in [2.45, 2.75) is 111 Å². The van der Waals surface area contributed by atoms with Crippen molar-refractivity contribution in [3.8, 4) is 0 Å². The van der Waals surface area contributed by atoms with E-state index in [-0.39, 0.29) is 18.1 Å². The summed E-state index contributed by atoms with van der Waals surface area (Å²) in [4.78, 5) is 31.2. The maximum absolute atomic E-state index is 10.9. The second kappa shape index (κ2) is 19.5. The van der Waals surface area contributed by atoms with Crippen molar-refractivity contribution in [2.24, 2.45) is 28.7 Å². The van der Waals surface area contributed by atoms with Crippen molar-refractivity contribution < 1.29 is 74.2 Å². The molecule has 0 bridgehead atoms. The minimum absolute atomic E-state index is 0.195. The topological polar surface area (TPSA) is 380 Å². The molecule has 0 aromatic heterocycles. The molecule has 2 amide bonds. The summed E-state index contributed by atoms with van der Waals surface area (Å²) in [5.41, 5.74) is 27.0. The minimum Gasteiger partial charge on any atom is -0.394 e. The highest BCUT2D eigenvalue weighted by molar-refractivity contribution is 5.74. The number of carbonyl (C=O) groups is 3. The summed E-state index contributed by atoms with van der Waals surface area (Å²) in [6.07, 6.45) is -14.7. The van der Waals surface area contributed by atoms with Crippen LogP contribution in [0.4, 0.5) is 0 Å². The number of hydrogen-bond acceptors (Lipinski definition) is 18. The highest BCUT2D eigenvalue weighted by Crippen LogP contribution is 2.29. The van der Waals surface area contributed by atoms with Gasteiger partial charge >= 0.3 is 0 Å². The predicted octanol–water partition coefficient (Wildman–Crippen LogP) is -8.31. The fourth-order valence-corrected chi connectivity index (χ4v) is 4.31. The average Bonchev–Trinajstić information content (AvgIpc) is 3.00. The Balaban J connectivity index is 0.000000828. The lowest BCUT2D eigenvalue weighted by atomic mass is 9.95. The number of aldehydes is 1. The fraction of sp³-hybridized carbons (Fsp3) is 0.875. The average molecular weight is 646 g/mol. The second-order valence-corrected chi connectivity index (χ2v) is 10.4. The fourth-order valence-electron chi connectivity index (χ4n) is 4.31. The predicted molar refractivity (Wildman–Crippen MR) is 145 cm³/mol. The van der Waals surface area contributed by atoms with E-state index in [4.69, 9.17) is 47.6 Å². The molecule has 0 aliphatic carbocycles. The van der Waals surface area contributed by atoms with E-state index in [1.807, 2.05) is 0 Å². The Morgan fingerprint density at radius 1 is 0.818 bits per heavy atom. The van der Waals surface area contributed by atoms with Crippen molar-refractivity contribution in [1.29, 1.82) is 0 Å². The van der Waals surface area contributed by atoms with E-state index < -0.39 is 105 Å². The zero-order valence-corrected chi connectivity index (χ0v) is 23.9. The van der Waals surface area contributed by atoms with Gasteiger partial charge in [-0.05, 0) is 12.8 Å². The Morgan fingerprint density at radius 2 is 1.32 bits per heavy atom. The number of aliphatic hydroxyl groups excluding tert-OH is 8. The quantitative estimate of drug-likeness (QED) is 0.0547. The molecule has 2 aliphatic rings. The monoisotopic (exact) mass is 645 g/mol. The molecule has 0 aromatic carbocycles. The molecule has 20 nitrogen and oxygen atoms in total. The third-order valence-electron chi connectivity index (χ3n) is 6.96. The third-order valence-corrected chi connectivity index (χ3v) is 6.96. The Hall–Kier alpha value is -1.99. The molecule has 0 radical (unpaired) electrons. The number of nitrogens with two attached hydrogens (primary N) is 5. The number of unbranched alkanes of at least 4 members (excludes halogenated alkanes) is 1. The van der Waals surface area contributed by atoms with Crippen LogP contribution < -0.4 is 28.7 Å². The van der Waals surface area contributed by atoms with Crippen LogP contribution in [0, 0.1) is 0 Å². The van der Waals surface area contributed by atoms with Gasteiger partial charge in [-0.25, -0.2) is 0 Å². The van der Waals surface area contributed by atoms with Gasteiger partial charge in [0.15, 0.2) is 12.6 Å². The maximum atomic E-state index is 10.9.